The van der Waals surface area contributed by atoms with Gasteiger partial charge >= 0.3 is 0 Å². The van der Waals surface area contributed by atoms with Crippen molar-refractivity contribution >= 4 is 27.3 Å². The number of hydrogen-bond acceptors (Lipinski definition) is 5. The van der Waals surface area contributed by atoms with Gasteiger partial charge in [-0.25, -0.2) is 13.1 Å². The Labute approximate surface area is 141 Å². The van der Waals surface area contributed by atoms with Crippen LogP contribution in [0.4, 0.5) is 5.69 Å². The lowest BCUT2D eigenvalue weighted by molar-refractivity contribution is -0.384. The molecule has 0 bridgehead atoms. The van der Waals surface area contributed by atoms with E-state index in [1.165, 1.54) is 12.1 Å². The van der Waals surface area contributed by atoms with E-state index in [1.807, 2.05) is 27.7 Å². The fourth-order valence-corrected chi connectivity index (χ4v) is 3.53. The van der Waals surface area contributed by atoms with Gasteiger partial charge in [-0.3, -0.25) is 15.0 Å². The summed E-state index contributed by atoms with van der Waals surface area (Å²) in [6.45, 7) is 8.92. The molecule has 0 heterocycles. The van der Waals surface area contributed by atoms with Crippen LogP contribution in [0.3, 0.4) is 0 Å². The first-order chi connectivity index (χ1) is 10.6. The summed E-state index contributed by atoms with van der Waals surface area (Å²) in [5.41, 5.74) is -0.430. The Bertz CT molecular complexity index is 654. The zero-order chi connectivity index (χ0) is 17.8. The SMILES string of the molecule is CC(C)N(CCNS(=O)(=O)c1ccc(Cl)c([N+](=O)[O-])c1)C(C)C. The molecular weight excluding hydrogens is 342 g/mol. The van der Waals surface area contributed by atoms with E-state index in [-0.39, 0.29) is 28.5 Å². The van der Waals surface area contributed by atoms with Crippen molar-refractivity contribution in [3.05, 3.63) is 33.3 Å². The van der Waals surface area contributed by atoms with Crippen molar-refractivity contribution in [2.45, 2.75) is 44.7 Å². The number of nitro benzene ring substituents is 1. The molecule has 1 aromatic carbocycles. The first-order valence-electron chi connectivity index (χ1n) is 7.25. The highest BCUT2D eigenvalue weighted by molar-refractivity contribution is 7.89. The van der Waals surface area contributed by atoms with E-state index in [0.717, 1.165) is 6.07 Å². The van der Waals surface area contributed by atoms with Crippen molar-refractivity contribution in [1.29, 1.82) is 0 Å². The monoisotopic (exact) mass is 363 g/mol. The Morgan fingerprint density at radius 3 is 2.30 bits per heavy atom. The van der Waals surface area contributed by atoms with E-state index in [1.54, 1.807) is 0 Å². The van der Waals surface area contributed by atoms with Crippen LogP contribution in [0.1, 0.15) is 27.7 Å². The minimum atomic E-state index is -3.82. The lowest BCUT2D eigenvalue weighted by Crippen LogP contribution is -2.42. The number of benzene rings is 1. The van der Waals surface area contributed by atoms with Gasteiger partial charge in [0.15, 0.2) is 0 Å². The number of rotatable bonds is 8. The van der Waals surface area contributed by atoms with Gasteiger partial charge < -0.3 is 0 Å². The van der Waals surface area contributed by atoms with Crippen LogP contribution in [0, 0.1) is 10.1 Å². The van der Waals surface area contributed by atoms with Gasteiger partial charge in [0, 0.05) is 31.2 Å². The molecule has 0 amide bonds. The minimum Gasteiger partial charge on any atom is -0.297 e. The molecular formula is C14H22ClN3O4S. The molecule has 0 fully saturated rings. The van der Waals surface area contributed by atoms with Crippen LogP contribution in [0.25, 0.3) is 0 Å². The van der Waals surface area contributed by atoms with Gasteiger partial charge in [-0.15, -0.1) is 0 Å². The van der Waals surface area contributed by atoms with Gasteiger partial charge in [0.2, 0.25) is 10.0 Å². The molecule has 0 saturated heterocycles. The fraction of sp³-hybridized carbons (Fsp3) is 0.571. The zero-order valence-corrected chi connectivity index (χ0v) is 15.2. The molecule has 0 atom stereocenters. The van der Waals surface area contributed by atoms with Crippen LogP contribution in [0.5, 0.6) is 0 Å². The number of nitrogens with one attached hydrogen (secondary N) is 1. The molecule has 1 N–H and O–H groups in total. The molecule has 0 aliphatic carbocycles. The average molecular weight is 364 g/mol. The quantitative estimate of drug-likeness (QED) is 0.566. The number of halogens is 1. The molecule has 0 aromatic heterocycles. The molecule has 9 heteroatoms. The third-order valence-corrected chi connectivity index (χ3v) is 5.19. The van der Waals surface area contributed by atoms with Crippen molar-refractivity contribution in [2.24, 2.45) is 0 Å². The van der Waals surface area contributed by atoms with Gasteiger partial charge in [-0.1, -0.05) is 11.6 Å². The molecule has 1 rings (SSSR count). The van der Waals surface area contributed by atoms with Crippen LogP contribution >= 0.6 is 11.6 Å². The molecule has 0 spiro atoms. The molecule has 0 unspecified atom stereocenters. The number of nitrogens with zero attached hydrogens (tertiary/aromatic N) is 2. The van der Waals surface area contributed by atoms with Crippen LogP contribution in [-0.4, -0.2) is 43.4 Å². The van der Waals surface area contributed by atoms with Crippen LogP contribution < -0.4 is 4.72 Å². The van der Waals surface area contributed by atoms with Crippen LogP contribution in [0.2, 0.25) is 5.02 Å². The maximum absolute atomic E-state index is 12.2. The Morgan fingerprint density at radius 2 is 1.83 bits per heavy atom. The summed E-state index contributed by atoms with van der Waals surface area (Å²) in [5.74, 6) is 0. The Morgan fingerprint density at radius 1 is 1.26 bits per heavy atom. The van der Waals surface area contributed by atoms with Crippen molar-refractivity contribution in [1.82, 2.24) is 9.62 Å². The summed E-state index contributed by atoms with van der Waals surface area (Å²) < 4.78 is 27.0. The van der Waals surface area contributed by atoms with Gasteiger partial charge in [0.25, 0.3) is 5.69 Å². The Balaban J connectivity index is 2.84. The maximum Gasteiger partial charge on any atom is 0.289 e. The van der Waals surface area contributed by atoms with E-state index in [9.17, 15) is 18.5 Å². The highest BCUT2D eigenvalue weighted by Crippen LogP contribution is 2.26. The fourth-order valence-electron chi connectivity index (χ4n) is 2.30. The van der Waals surface area contributed by atoms with Crippen molar-refractivity contribution in [2.75, 3.05) is 13.1 Å². The largest absolute Gasteiger partial charge is 0.297 e. The highest BCUT2D eigenvalue weighted by atomic mass is 35.5. The normalized spacial score (nSPS) is 12.3. The summed E-state index contributed by atoms with van der Waals surface area (Å²) in [5, 5.41) is 10.8. The van der Waals surface area contributed by atoms with Gasteiger partial charge in [0.05, 0.1) is 9.82 Å². The third kappa shape index (κ3) is 5.42. The Hall–Kier alpha value is -1.22. The predicted octanol–water partition coefficient (Wildman–Crippen LogP) is 2.65. The predicted molar refractivity (Wildman–Crippen MR) is 90.3 cm³/mol. The summed E-state index contributed by atoms with van der Waals surface area (Å²) >= 11 is 5.69. The highest BCUT2D eigenvalue weighted by Gasteiger charge is 2.21. The first kappa shape index (κ1) is 19.8. The Kier molecular flexibility index (Phi) is 6.94. The molecule has 0 aliphatic rings. The molecule has 0 radical (unpaired) electrons. The van der Waals surface area contributed by atoms with E-state index < -0.39 is 20.6 Å². The summed E-state index contributed by atoms with van der Waals surface area (Å²) in [7, 11) is -3.82. The second-order valence-electron chi connectivity index (χ2n) is 5.69. The second kappa shape index (κ2) is 8.05. The first-order valence-corrected chi connectivity index (χ1v) is 9.11. The number of sulfonamides is 1. The zero-order valence-electron chi connectivity index (χ0n) is 13.6. The minimum absolute atomic E-state index is 0.0975. The number of nitro groups is 1. The van der Waals surface area contributed by atoms with Crippen molar-refractivity contribution in [3.63, 3.8) is 0 Å². The van der Waals surface area contributed by atoms with Gasteiger partial charge in [-0.05, 0) is 39.8 Å². The molecule has 23 heavy (non-hydrogen) atoms. The van der Waals surface area contributed by atoms with Gasteiger partial charge in [0.1, 0.15) is 5.02 Å². The number of hydrogen-bond donors (Lipinski definition) is 1. The smallest absolute Gasteiger partial charge is 0.289 e. The second-order valence-corrected chi connectivity index (χ2v) is 7.87. The standard InChI is InChI=1S/C14H22ClN3O4S/c1-10(2)17(11(3)4)8-7-16-23(21,22)12-5-6-13(15)14(9-12)18(19)20/h5-6,9-11,16H,7-8H2,1-4H3. The molecule has 7 nitrogen and oxygen atoms in total. The molecule has 0 saturated carbocycles. The summed E-state index contributed by atoms with van der Waals surface area (Å²) in [4.78, 5) is 12.1. The van der Waals surface area contributed by atoms with E-state index >= 15 is 0 Å². The van der Waals surface area contributed by atoms with Gasteiger partial charge in [-0.2, -0.15) is 0 Å². The lowest BCUT2D eigenvalue weighted by Gasteiger charge is -2.30. The van der Waals surface area contributed by atoms with E-state index in [0.29, 0.717) is 6.54 Å². The topological polar surface area (TPSA) is 92.6 Å². The summed E-state index contributed by atoms with van der Waals surface area (Å²) in [6.07, 6.45) is 0. The third-order valence-electron chi connectivity index (χ3n) is 3.41. The van der Waals surface area contributed by atoms with Crippen LogP contribution in [0.15, 0.2) is 23.1 Å². The van der Waals surface area contributed by atoms with Crippen molar-refractivity contribution < 1.29 is 13.3 Å². The van der Waals surface area contributed by atoms with Crippen molar-refractivity contribution in [3.8, 4) is 0 Å². The van der Waals surface area contributed by atoms with E-state index in [4.69, 9.17) is 11.6 Å². The maximum atomic E-state index is 12.2. The van der Waals surface area contributed by atoms with E-state index in [2.05, 4.69) is 9.62 Å². The molecule has 0 aliphatic heterocycles. The summed E-state index contributed by atoms with van der Waals surface area (Å²) in [6, 6.07) is 4.00. The molecule has 130 valence electrons. The average Bonchev–Trinajstić information content (AvgIpc) is 2.42. The lowest BCUT2D eigenvalue weighted by atomic mass is 10.2. The van der Waals surface area contributed by atoms with Crippen LogP contribution in [-0.2, 0) is 10.0 Å². The molecule has 1 aromatic rings.